The van der Waals surface area contributed by atoms with Crippen molar-refractivity contribution in [3.05, 3.63) is 76.2 Å². The zero-order chi connectivity index (χ0) is 20.1. The Morgan fingerprint density at radius 3 is 2.82 bits per heavy atom. The molecule has 1 aliphatic rings. The molecular weight excluding hydrogens is 366 g/mol. The van der Waals surface area contributed by atoms with E-state index < -0.39 is 28.2 Å². The molecule has 1 atom stereocenters. The number of hydrogen-bond acceptors (Lipinski definition) is 6. The molecular formula is C18H19N5O5. The fourth-order valence-corrected chi connectivity index (χ4v) is 3.06. The van der Waals surface area contributed by atoms with Crippen molar-refractivity contribution in [3.8, 4) is 0 Å². The van der Waals surface area contributed by atoms with Gasteiger partial charge >= 0.3 is 5.88 Å². The number of aryl methyl sites for hydroxylation is 1. The first-order chi connectivity index (χ1) is 13.4. The molecule has 1 aromatic heterocycles. The van der Waals surface area contributed by atoms with Crippen LogP contribution >= 0.6 is 0 Å². The summed E-state index contributed by atoms with van der Waals surface area (Å²) < 4.78 is 7.21. The van der Waals surface area contributed by atoms with E-state index in [1.54, 1.807) is 24.7 Å². The van der Waals surface area contributed by atoms with E-state index >= 15 is 0 Å². The van der Waals surface area contributed by atoms with Gasteiger partial charge in [0.25, 0.3) is 11.8 Å². The fourth-order valence-electron chi connectivity index (χ4n) is 3.06. The Morgan fingerprint density at radius 2 is 2.18 bits per heavy atom. The van der Waals surface area contributed by atoms with Crippen molar-refractivity contribution in [1.29, 1.82) is 0 Å². The third-order valence-electron chi connectivity index (χ3n) is 4.47. The maximum absolute atomic E-state index is 12.7. The minimum atomic E-state index is -1.78. The number of nitrogens with two attached hydrogens (primary N) is 1. The SMILES string of the molecule is NC(=O)C1(c2ccccc2C(=O)NCCCn2ccnc2)CC=C([N+](=O)[O-])O1. The molecule has 3 rings (SSSR count). The molecule has 2 aromatic rings. The van der Waals surface area contributed by atoms with Gasteiger partial charge in [0.05, 0.1) is 6.33 Å². The zero-order valence-corrected chi connectivity index (χ0v) is 14.9. The highest BCUT2D eigenvalue weighted by Gasteiger charge is 2.49. The van der Waals surface area contributed by atoms with Crippen LogP contribution in [-0.4, -0.2) is 32.8 Å². The first-order valence-electron chi connectivity index (χ1n) is 8.61. The number of nitrogens with one attached hydrogen (secondary N) is 1. The van der Waals surface area contributed by atoms with E-state index in [-0.39, 0.29) is 17.5 Å². The number of ether oxygens (including phenoxy) is 1. The molecule has 146 valence electrons. The molecule has 1 aromatic carbocycles. The van der Waals surface area contributed by atoms with Crippen LogP contribution in [0.4, 0.5) is 0 Å². The molecule has 0 fully saturated rings. The van der Waals surface area contributed by atoms with Gasteiger partial charge in [-0.05, 0) is 12.5 Å². The van der Waals surface area contributed by atoms with Crippen LogP contribution in [0.1, 0.15) is 28.8 Å². The number of hydrogen-bond donors (Lipinski definition) is 2. The molecule has 1 unspecified atom stereocenters. The first-order valence-corrected chi connectivity index (χ1v) is 8.61. The van der Waals surface area contributed by atoms with Crippen LogP contribution in [0, 0.1) is 10.1 Å². The number of amides is 2. The lowest BCUT2D eigenvalue weighted by molar-refractivity contribution is -0.466. The van der Waals surface area contributed by atoms with E-state index in [0.29, 0.717) is 19.5 Å². The second kappa shape index (κ2) is 7.91. The van der Waals surface area contributed by atoms with Crippen LogP contribution in [0.2, 0.25) is 0 Å². The van der Waals surface area contributed by atoms with Gasteiger partial charge in [-0.2, -0.15) is 0 Å². The second-order valence-corrected chi connectivity index (χ2v) is 6.25. The summed E-state index contributed by atoms with van der Waals surface area (Å²) in [7, 11) is 0. The van der Waals surface area contributed by atoms with Crippen molar-refractivity contribution < 1.29 is 19.2 Å². The third-order valence-corrected chi connectivity index (χ3v) is 4.47. The summed E-state index contributed by atoms with van der Waals surface area (Å²) in [4.78, 5) is 39.1. The standard InChI is InChI=1S/C18H19N5O5/c19-17(25)18(7-6-15(28-18)23(26)27)14-5-2-1-4-13(14)16(24)21-8-3-10-22-11-9-20-12-22/h1-2,4-6,9,11-12H,3,7-8,10H2,(H2,19,25)(H,21,24). The van der Waals surface area contributed by atoms with Gasteiger partial charge < -0.3 is 20.4 Å². The molecule has 28 heavy (non-hydrogen) atoms. The smallest absolute Gasteiger partial charge is 0.419 e. The van der Waals surface area contributed by atoms with Gasteiger partial charge in [0, 0.05) is 49.1 Å². The Balaban J connectivity index is 1.75. The van der Waals surface area contributed by atoms with Crippen molar-refractivity contribution in [1.82, 2.24) is 14.9 Å². The van der Waals surface area contributed by atoms with Crippen molar-refractivity contribution in [2.75, 3.05) is 6.54 Å². The van der Waals surface area contributed by atoms with Gasteiger partial charge in [-0.25, -0.2) is 4.98 Å². The summed E-state index contributed by atoms with van der Waals surface area (Å²) in [6.45, 7) is 1.08. The van der Waals surface area contributed by atoms with E-state index in [0.717, 1.165) is 0 Å². The van der Waals surface area contributed by atoms with E-state index in [9.17, 15) is 19.7 Å². The Hall–Kier alpha value is -3.69. The number of carbonyl (C=O) groups excluding carboxylic acids is 2. The second-order valence-electron chi connectivity index (χ2n) is 6.25. The number of carbonyl (C=O) groups is 2. The topological polar surface area (TPSA) is 142 Å². The minimum Gasteiger partial charge on any atom is -0.419 e. The zero-order valence-electron chi connectivity index (χ0n) is 14.9. The predicted molar refractivity (Wildman–Crippen MR) is 97.3 cm³/mol. The molecule has 3 N–H and O–H groups in total. The summed E-state index contributed by atoms with van der Waals surface area (Å²) in [5.74, 6) is -1.88. The lowest BCUT2D eigenvalue weighted by Gasteiger charge is -2.26. The molecule has 10 heteroatoms. The first kappa shape index (κ1) is 19.1. The number of imidazole rings is 1. The highest BCUT2D eigenvalue weighted by molar-refractivity contribution is 5.98. The average Bonchev–Trinajstić information content (AvgIpc) is 3.35. The molecule has 2 heterocycles. The molecule has 2 amide bonds. The van der Waals surface area contributed by atoms with Crippen LogP contribution in [0.3, 0.4) is 0 Å². The molecule has 0 radical (unpaired) electrons. The van der Waals surface area contributed by atoms with Crippen molar-refractivity contribution in [2.24, 2.45) is 5.73 Å². The van der Waals surface area contributed by atoms with Crippen molar-refractivity contribution in [3.63, 3.8) is 0 Å². The average molecular weight is 385 g/mol. The third kappa shape index (κ3) is 3.70. The predicted octanol–water partition coefficient (Wildman–Crippen LogP) is 0.922. The Morgan fingerprint density at radius 1 is 1.39 bits per heavy atom. The Kier molecular flexibility index (Phi) is 5.39. The van der Waals surface area contributed by atoms with Crippen LogP contribution < -0.4 is 11.1 Å². The van der Waals surface area contributed by atoms with Gasteiger partial charge in [-0.15, -0.1) is 0 Å². The lowest BCUT2D eigenvalue weighted by atomic mass is 9.86. The number of nitro groups is 1. The highest BCUT2D eigenvalue weighted by Crippen LogP contribution is 2.39. The van der Waals surface area contributed by atoms with Gasteiger partial charge in [0.15, 0.2) is 0 Å². The number of primary amides is 1. The maximum Gasteiger partial charge on any atom is 0.425 e. The summed E-state index contributed by atoms with van der Waals surface area (Å²) in [5.41, 5.74) is 4.11. The highest BCUT2D eigenvalue weighted by atomic mass is 16.7. The van der Waals surface area contributed by atoms with Gasteiger partial charge in [0.1, 0.15) is 4.92 Å². The van der Waals surface area contributed by atoms with E-state index in [4.69, 9.17) is 10.5 Å². The van der Waals surface area contributed by atoms with Gasteiger partial charge in [-0.3, -0.25) is 19.7 Å². The Labute approximate surface area is 160 Å². The monoisotopic (exact) mass is 385 g/mol. The number of rotatable bonds is 8. The van der Waals surface area contributed by atoms with Gasteiger partial charge in [0.2, 0.25) is 5.60 Å². The van der Waals surface area contributed by atoms with E-state index in [1.807, 2.05) is 10.8 Å². The van der Waals surface area contributed by atoms with Crippen LogP contribution in [-0.2, 0) is 21.7 Å². The van der Waals surface area contributed by atoms with Crippen LogP contribution in [0.5, 0.6) is 0 Å². The van der Waals surface area contributed by atoms with Crippen molar-refractivity contribution in [2.45, 2.75) is 25.0 Å². The molecule has 0 aliphatic carbocycles. The number of aromatic nitrogens is 2. The van der Waals surface area contributed by atoms with Crippen LogP contribution in [0.15, 0.2) is 54.9 Å². The summed E-state index contributed by atoms with van der Waals surface area (Å²) in [6, 6.07) is 6.29. The Bertz CT molecular complexity index is 924. The lowest BCUT2D eigenvalue weighted by Crippen LogP contribution is -2.43. The summed E-state index contributed by atoms with van der Waals surface area (Å²) in [6.07, 6.45) is 6.92. The largest absolute Gasteiger partial charge is 0.425 e. The number of benzene rings is 1. The normalized spacial score (nSPS) is 18.2. The minimum absolute atomic E-state index is 0.121. The van der Waals surface area contributed by atoms with Gasteiger partial charge in [-0.1, -0.05) is 18.2 Å². The van der Waals surface area contributed by atoms with Crippen molar-refractivity contribution >= 4 is 11.8 Å². The van der Waals surface area contributed by atoms with E-state index in [1.165, 1.54) is 18.2 Å². The summed E-state index contributed by atoms with van der Waals surface area (Å²) >= 11 is 0. The molecule has 10 nitrogen and oxygen atoms in total. The van der Waals surface area contributed by atoms with Crippen LogP contribution in [0.25, 0.3) is 0 Å². The van der Waals surface area contributed by atoms with E-state index in [2.05, 4.69) is 10.3 Å². The molecule has 1 aliphatic heterocycles. The quantitative estimate of drug-likeness (QED) is 0.393. The fraction of sp³-hybridized carbons (Fsp3) is 0.278. The molecule has 0 saturated carbocycles. The molecule has 0 spiro atoms. The summed E-state index contributed by atoms with van der Waals surface area (Å²) in [5, 5.41) is 13.8. The molecule has 0 bridgehead atoms. The number of nitrogens with zero attached hydrogens (tertiary/aromatic N) is 3. The maximum atomic E-state index is 12.7. The molecule has 0 saturated heterocycles.